The van der Waals surface area contributed by atoms with Crippen LogP contribution in [0.1, 0.15) is 36.3 Å². The fourth-order valence-electron chi connectivity index (χ4n) is 5.43. The molecule has 0 radical (unpaired) electrons. The van der Waals surface area contributed by atoms with Crippen LogP contribution in [-0.2, 0) is 16.1 Å². The number of anilines is 1. The van der Waals surface area contributed by atoms with Crippen LogP contribution in [0.15, 0.2) is 66.7 Å². The summed E-state index contributed by atoms with van der Waals surface area (Å²) in [4.78, 5) is 2.39. The van der Waals surface area contributed by atoms with Gasteiger partial charge in [0.05, 0.1) is 43.2 Å². The molecule has 2 aliphatic heterocycles. The predicted molar refractivity (Wildman–Crippen MR) is 163 cm³/mol. The van der Waals surface area contributed by atoms with E-state index in [9.17, 15) is 0 Å². The van der Waals surface area contributed by atoms with Crippen molar-refractivity contribution >= 4 is 17.3 Å². The van der Waals surface area contributed by atoms with E-state index in [4.69, 9.17) is 35.3 Å². The molecule has 3 aromatic carbocycles. The Bertz CT molecular complexity index is 1220. The molecule has 3 aromatic rings. The number of para-hydroxylation sites is 1. The molecule has 0 aliphatic carbocycles. The Morgan fingerprint density at radius 1 is 0.976 bits per heavy atom. The highest BCUT2D eigenvalue weighted by atomic mass is 35.5. The van der Waals surface area contributed by atoms with E-state index >= 15 is 0 Å². The van der Waals surface area contributed by atoms with Crippen molar-refractivity contribution in [2.75, 3.05) is 64.6 Å². The Hall–Kier alpha value is -2.97. The molecule has 1 N–H and O–H groups in total. The number of methoxy groups -OCH3 is 1. The summed E-state index contributed by atoms with van der Waals surface area (Å²) in [5.74, 6) is 2.85. The molecule has 1 saturated heterocycles. The Morgan fingerprint density at radius 3 is 2.68 bits per heavy atom. The first-order chi connectivity index (χ1) is 20.2. The zero-order valence-corrected chi connectivity index (χ0v) is 24.6. The lowest BCUT2D eigenvalue weighted by molar-refractivity contribution is 0.0106. The normalized spacial score (nSPS) is 18.4. The van der Waals surface area contributed by atoms with Gasteiger partial charge in [-0.2, -0.15) is 0 Å². The van der Waals surface area contributed by atoms with E-state index in [0.29, 0.717) is 43.1 Å². The van der Waals surface area contributed by atoms with Crippen molar-refractivity contribution in [1.82, 2.24) is 5.32 Å². The molecule has 2 atom stereocenters. The second-order valence-electron chi connectivity index (χ2n) is 10.5. The van der Waals surface area contributed by atoms with Crippen molar-refractivity contribution in [1.29, 1.82) is 0 Å². The average molecular weight is 581 g/mol. The van der Waals surface area contributed by atoms with Gasteiger partial charge in [0, 0.05) is 39.1 Å². The minimum absolute atomic E-state index is 0.0996. The van der Waals surface area contributed by atoms with Crippen LogP contribution in [0.2, 0.25) is 5.02 Å². The van der Waals surface area contributed by atoms with Gasteiger partial charge in [0.1, 0.15) is 23.9 Å². The first kappa shape index (κ1) is 29.5. The molecule has 1 fully saturated rings. The summed E-state index contributed by atoms with van der Waals surface area (Å²) in [7, 11) is 1.75. The molecule has 8 heteroatoms. The van der Waals surface area contributed by atoms with Gasteiger partial charge in [0.15, 0.2) is 0 Å². The number of hydrogen-bond acceptors (Lipinski definition) is 7. The predicted octanol–water partition coefficient (Wildman–Crippen LogP) is 6.09. The summed E-state index contributed by atoms with van der Waals surface area (Å²) in [5, 5.41) is 4.14. The van der Waals surface area contributed by atoms with Crippen LogP contribution in [0.3, 0.4) is 0 Å². The molecule has 0 unspecified atom stereocenters. The standard InChI is InChI=1S/C33H41ClN2O5/c1-37-18-4-16-36-17-21-40-32-13-8-25(22-30(32)36)24-41-33-23-35-15-14-28(33)26-9-11-27(12-10-26)38-19-5-20-39-31-7-3-2-6-29(31)34/h2-3,6-13,22,28,33,35H,4-5,14-21,23-24H2,1H3/t28-,33+/m1/s1. The van der Waals surface area contributed by atoms with Crippen LogP contribution in [0.25, 0.3) is 0 Å². The number of benzene rings is 3. The van der Waals surface area contributed by atoms with Crippen LogP contribution in [0.4, 0.5) is 5.69 Å². The zero-order valence-electron chi connectivity index (χ0n) is 23.9. The van der Waals surface area contributed by atoms with Gasteiger partial charge in [-0.1, -0.05) is 41.9 Å². The van der Waals surface area contributed by atoms with E-state index in [1.54, 1.807) is 7.11 Å². The number of piperidine rings is 1. The van der Waals surface area contributed by atoms with Crippen molar-refractivity contribution < 1.29 is 23.7 Å². The van der Waals surface area contributed by atoms with E-state index in [1.165, 1.54) is 5.56 Å². The first-order valence-corrected chi connectivity index (χ1v) is 15.0. The van der Waals surface area contributed by atoms with Crippen LogP contribution >= 0.6 is 11.6 Å². The average Bonchev–Trinajstić information content (AvgIpc) is 3.01. The second-order valence-corrected chi connectivity index (χ2v) is 10.9. The monoisotopic (exact) mass is 580 g/mol. The van der Waals surface area contributed by atoms with Crippen LogP contribution in [-0.4, -0.2) is 65.8 Å². The Morgan fingerprint density at radius 2 is 1.83 bits per heavy atom. The molecular formula is C33H41ClN2O5. The van der Waals surface area contributed by atoms with Crippen LogP contribution in [0, 0.1) is 0 Å². The summed E-state index contributed by atoms with van der Waals surface area (Å²) >= 11 is 6.14. The summed E-state index contributed by atoms with van der Waals surface area (Å²) in [6.45, 7) is 6.86. The van der Waals surface area contributed by atoms with Crippen LogP contribution in [0.5, 0.6) is 17.2 Å². The maximum absolute atomic E-state index is 6.53. The third-order valence-corrected chi connectivity index (χ3v) is 7.92. The number of halogens is 1. The largest absolute Gasteiger partial charge is 0.493 e. The maximum atomic E-state index is 6.53. The lowest BCUT2D eigenvalue weighted by Crippen LogP contribution is -2.41. The van der Waals surface area contributed by atoms with Gasteiger partial charge in [0.25, 0.3) is 0 Å². The number of fused-ring (bicyclic) bond motifs is 1. The number of nitrogens with zero attached hydrogens (tertiary/aromatic N) is 1. The van der Waals surface area contributed by atoms with Gasteiger partial charge in [0.2, 0.25) is 0 Å². The highest BCUT2D eigenvalue weighted by Gasteiger charge is 2.27. The fraction of sp³-hybridized carbons (Fsp3) is 0.455. The molecule has 7 nitrogen and oxygen atoms in total. The van der Waals surface area contributed by atoms with Gasteiger partial charge in [-0.25, -0.2) is 0 Å². The van der Waals surface area contributed by atoms with E-state index in [2.05, 4.69) is 52.7 Å². The maximum Gasteiger partial charge on any atom is 0.142 e. The second kappa shape index (κ2) is 15.3. The molecule has 41 heavy (non-hydrogen) atoms. The third-order valence-electron chi connectivity index (χ3n) is 7.61. The van der Waals surface area contributed by atoms with E-state index < -0.39 is 0 Å². The fourth-order valence-corrected chi connectivity index (χ4v) is 5.62. The first-order valence-electron chi connectivity index (χ1n) is 14.6. The smallest absolute Gasteiger partial charge is 0.142 e. The zero-order chi connectivity index (χ0) is 28.3. The summed E-state index contributed by atoms with van der Waals surface area (Å²) in [6.07, 6.45) is 2.91. The van der Waals surface area contributed by atoms with Crippen LogP contribution < -0.4 is 24.4 Å². The van der Waals surface area contributed by atoms with Crippen molar-refractivity contribution in [2.45, 2.75) is 37.9 Å². The summed E-state index contributed by atoms with van der Waals surface area (Å²) < 4.78 is 29.4. The quantitative estimate of drug-likeness (QED) is 0.232. The topological polar surface area (TPSA) is 61.4 Å². The Kier molecular flexibility index (Phi) is 11.0. The molecule has 0 saturated carbocycles. The molecule has 2 aliphatic rings. The van der Waals surface area contributed by atoms with E-state index in [1.807, 2.05) is 24.3 Å². The van der Waals surface area contributed by atoms with Gasteiger partial charge < -0.3 is 33.9 Å². The molecule has 5 rings (SSSR count). The molecule has 0 amide bonds. The lowest BCUT2D eigenvalue weighted by Gasteiger charge is -2.33. The Balaban J connectivity index is 1.11. The SMILES string of the molecule is COCCCN1CCOc2ccc(CO[C@H]3CNCC[C@@H]3c3ccc(OCCCOc4ccccc4Cl)cc3)cc21. The molecule has 0 bridgehead atoms. The summed E-state index contributed by atoms with van der Waals surface area (Å²) in [6, 6.07) is 22.4. The van der Waals surface area contributed by atoms with Gasteiger partial charge >= 0.3 is 0 Å². The molecule has 0 spiro atoms. The van der Waals surface area contributed by atoms with E-state index in [-0.39, 0.29) is 6.10 Å². The minimum atomic E-state index is 0.0996. The van der Waals surface area contributed by atoms with Gasteiger partial charge in [-0.15, -0.1) is 0 Å². The van der Waals surface area contributed by atoms with Crippen molar-refractivity contribution in [3.05, 3.63) is 82.9 Å². The minimum Gasteiger partial charge on any atom is -0.493 e. The Labute approximate surface area is 248 Å². The highest BCUT2D eigenvalue weighted by molar-refractivity contribution is 6.32. The van der Waals surface area contributed by atoms with E-state index in [0.717, 1.165) is 74.8 Å². The summed E-state index contributed by atoms with van der Waals surface area (Å²) in [5.41, 5.74) is 3.60. The highest BCUT2D eigenvalue weighted by Crippen LogP contribution is 2.34. The van der Waals surface area contributed by atoms with Crippen molar-refractivity contribution in [2.24, 2.45) is 0 Å². The lowest BCUT2D eigenvalue weighted by atomic mass is 9.87. The number of nitrogens with one attached hydrogen (secondary N) is 1. The molecular weight excluding hydrogens is 540 g/mol. The molecule has 2 heterocycles. The third kappa shape index (κ3) is 8.29. The van der Waals surface area contributed by atoms with Gasteiger partial charge in [-0.05, 0) is 66.9 Å². The van der Waals surface area contributed by atoms with Gasteiger partial charge in [-0.3, -0.25) is 0 Å². The molecule has 0 aromatic heterocycles. The number of ether oxygens (including phenoxy) is 5. The van der Waals surface area contributed by atoms with Crippen molar-refractivity contribution in [3.63, 3.8) is 0 Å². The number of rotatable bonds is 14. The van der Waals surface area contributed by atoms with Crippen molar-refractivity contribution in [3.8, 4) is 17.2 Å². The molecule has 220 valence electrons. The number of hydrogen-bond donors (Lipinski definition) is 1.